The summed E-state index contributed by atoms with van der Waals surface area (Å²) in [6, 6.07) is 1.38. The van der Waals surface area contributed by atoms with E-state index in [4.69, 9.17) is 5.41 Å². The zero-order chi connectivity index (χ0) is 8.27. The molecule has 0 radical (unpaired) electrons. The Morgan fingerprint density at radius 2 is 2.45 bits per heavy atom. The third-order valence-corrected chi connectivity index (χ3v) is 1.57. The van der Waals surface area contributed by atoms with E-state index in [-0.39, 0.29) is 5.43 Å². The molecule has 11 heavy (non-hydrogen) atoms. The topological polar surface area (TPSA) is 68.7 Å². The number of pyridine rings is 1. The molecule has 0 saturated heterocycles. The summed E-state index contributed by atoms with van der Waals surface area (Å²) in [6.45, 7) is 0. The fourth-order valence-electron chi connectivity index (χ4n) is 0.754. The molecule has 0 aromatic carbocycles. The van der Waals surface area contributed by atoms with E-state index in [1.54, 1.807) is 0 Å². The van der Waals surface area contributed by atoms with Gasteiger partial charge in [-0.2, -0.15) is 0 Å². The molecule has 0 aliphatic rings. The van der Waals surface area contributed by atoms with Crippen LogP contribution >= 0.6 is 9.39 Å². The lowest BCUT2D eigenvalue weighted by Crippen LogP contribution is -2.09. The third-order valence-electron chi connectivity index (χ3n) is 1.29. The van der Waals surface area contributed by atoms with Gasteiger partial charge in [-0.3, -0.25) is 4.79 Å². The largest absolute Gasteiger partial charge is 0.355 e. The first-order valence-corrected chi connectivity index (χ1v) is 3.56. The molecule has 4 nitrogen and oxygen atoms in total. The van der Waals surface area contributed by atoms with Crippen molar-refractivity contribution in [2.24, 2.45) is 0 Å². The lowest BCUT2D eigenvalue weighted by Gasteiger charge is -2.01. The zero-order valence-electron chi connectivity index (χ0n) is 5.72. The van der Waals surface area contributed by atoms with E-state index in [0.717, 1.165) is 6.21 Å². The smallest absolute Gasteiger partial charge is 0.192 e. The molecule has 1 rings (SSSR count). The van der Waals surface area contributed by atoms with E-state index in [0.29, 0.717) is 11.4 Å². The number of hydrogen-bond acceptors (Lipinski definition) is 3. The number of H-pyrrole nitrogens is 1. The van der Waals surface area contributed by atoms with Gasteiger partial charge in [0, 0.05) is 18.5 Å². The average molecular weight is 169 g/mol. The van der Waals surface area contributed by atoms with Gasteiger partial charge in [0.1, 0.15) is 5.82 Å². The predicted octanol–water partition coefficient (Wildman–Crippen LogP) is 0.575. The van der Waals surface area contributed by atoms with Crippen molar-refractivity contribution in [2.75, 3.05) is 5.09 Å². The van der Waals surface area contributed by atoms with Crippen LogP contribution in [-0.2, 0) is 0 Å². The molecular formula is C6H8N3OP. The minimum Gasteiger partial charge on any atom is -0.355 e. The van der Waals surface area contributed by atoms with Crippen molar-refractivity contribution in [1.29, 1.82) is 5.41 Å². The molecule has 1 atom stereocenters. The van der Waals surface area contributed by atoms with Crippen LogP contribution in [0.1, 0.15) is 5.56 Å². The van der Waals surface area contributed by atoms with Crippen LogP contribution in [0.15, 0.2) is 17.1 Å². The van der Waals surface area contributed by atoms with E-state index in [1.807, 2.05) is 0 Å². The molecule has 0 fully saturated rings. The van der Waals surface area contributed by atoms with Gasteiger partial charge in [0.05, 0.1) is 5.56 Å². The van der Waals surface area contributed by atoms with Crippen LogP contribution in [0.3, 0.4) is 0 Å². The second-order valence-electron chi connectivity index (χ2n) is 1.92. The number of aromatic amines is 1. The second kappa shape index (κ2) is 3.30. The van der Waals surface area contributed by atoms with Gasteiger partial charge < -0.3 is 15.5 Å². The summed E-state index contributed by atoms with van der Waals surface area (Å²) in [5, 5.41) is 9.63. The molecule has 0 amide bonds. The Balaban J connectivity index is 3.36. The molecule has 0 aliphatic carbocycles. The van der Waals surface area contributed by atoms with Crippen LogP contribution in [0.25, 0.3) is 0 Å². The molecule has 1 aromatic heterocycles. The van der Waals surface area contributed by atoms with Crippen molar-refractivity contribution in [3.05, 3.63) is 28.0 Å². The quantitative estimate of drug-likeness (QED) is 0.447. The summed E-state index contributed by atoms with van der Waals surface area (Å²) in [5.41, 5.74) is 0.172. The molecule has 1 unspecified atom stereocenters. The summed E-state index contributed by atoms with van der Waals surface area (Å²) in [4.78, 5) is 13.8. The highest BCUT2D eigenvalue weighted by atomic mass is 31.0. The molecule has 0 saturated carbocycles. The summed E-state index contributed by atoms with van der Waals surface area (Å²) >= 11 is 0. The molecule has 3 N–H and O–H groups in total. The number of rotatable bonds is 2. The maximum atomic E-state index is 11.0. The first-order valence-electron chi connectivity index (χ1n) is 2.98. The molecule has 1 aromatic rings. The summed E-state index contributed by atoms with van der Waals surface area (Å²) in [5.74, 6) is 0.539. The average Bonchev–Trinajstić information content (AvgIpc) is 2.04. The lowest BCUT2D eigenvalue weighted by atomic mass is 10.3. The van der Waals surface area contributed by atoms with Crippen molar-refractivity contribution in [1.82, 2.24) is 4.98 Å². The predicted molar refractivity (Wildman–Crippen MR) is 48.3 cm³/mol. The Bertz CT molecular complexity index is 320. The Morgan fingerprint density at radius 3 is 2.91 bits per heavy atom. The molecule has 58 valence electrons. The normalized spacial score (nSPS) is 9.18. The first-order chi connectivity index (χ1) is 5.29. The van der Waals surface area contributed by atoms with Gasteiger partial charge in [-0.15, -0.1) is 0 Å². The summed E-state index contributed by atoms with van der Waals surface area (Å²) < 4.78 is 0. The third kappa shape index (κ3) is 1.46. The number of hydrogen-bond donors (Lipinski definition) is 3. The minimum absolute atomic E-state index is 0.163. The number of nitrogens with one attached hydrogen (secondary N) is 3. The molecule has 1 heterocycles. The van der Waals surface area contributed by atoms with E-state index < -0.39 is 0 Å². The second-order valence-corrected chi connectivity index (χ2v) is 2.21. The van der Waals surface area contributed by atoms with Gasteiger partial charge in [-0.05, 0) is 9.39 Å². The van der Waals surface area contributed by atoms with Gasteiger partial charge in [0.2, 0.25) is 0 Å². The van der Waals surface area contributed by atoms with Crippen LogP contribution in [0.2, 0.25) is 0 Å². The van der Waals surface area contributed by atoms with E-state index in [9.17, 15) is 4.79 Å². The Hall–Kier alpha value is -1.15. The maximum absolute atomic E-state index is 11.0. The Morgan fingerprint density at radius 1 is 1.73 bits per heavy atom. The first kappa shape index (κ1) is 7.95. The van der Waals surface area contributed by atoms with Crippen molar-refractivity contribution in [3.63, 3.8) is 0 Å². The fraction of sp³-hybridized carbons (Fsp3) is 0. The molecular weight excluding hydrogens is 161 g/mol. The van der Waals surface area contributed by atoms with Gasteiger partial charge in [-0.1, -0.05) is 0 Å². The lowest BCUT2D eigenvalue weighted by molar-refractivity contribution is 1.30. The van der Waals surface area contributed by atoms with E-state index in [2.05, 4.69) is 19.5 Å². The van der Waals surface area contributed by atoms with Crippen molar-refractivity contribution >= 4 is 21.4 Å². The minimum atomic E-state index is -0.163. The maximum Gasteiger partial charge on any atom is 0.192 e. The van der Waals surface area contributed by atoms with Crippen LogP contribution < -0.4 is 10.5 Å². The molecule has 0 spiro atoms. The standard InChI is InChI=1S/C6H8N3OP/c7-3-4-5(10)1-2-8-6(4)9-11/h1-3,7H,11H2,(H2,8,9,10). The van der Waals surface area contributed by atoms with Crippen LogP contribution in [0.5, 0.6) is 0 Å². The molecule has 5 heteroatoms. The van der Waals surface area contributed by atoms with Gasteiger partial charge >= 0.3 is 0 Å². The van der Waals surface area contributed by atoms with E-state index in [1.165, 1.54) is 12.3 Å². The van der Waals surface area contributed by atoms with Crippen molar-refractivity contribution < 1.29 is 0 Å². The van der Waals surface area contributed by atoms with Gasteiger partial charge in [0.25, 0.3) is 0 Å². The summed E-state index contributed by atoms with van der Waals surface area (Å²) in [6.07, 6.45) is 2.55. The highest BCUT2D eigenvalue weighted by Gasteiger charge is 2.00. The van der Waals surface area contributed by atoms with Crippen molar-refractivity contribution in [2.45, 2.75) is 0 Å². The van der Waals surface area contributed by atoms with Gasteiger partial charge in [-0.25, -0.2) is 0 Å². The SMILES string of the molecule is N=Cc1c(NP)[nH]ccc1=O. The summed E-state index contributed by atoms with van der Waals surface area (Å²) in [7, 11) is 2.26. The molecule has 0 aliphatic heterocycles. The Labute approximate surface area is 65.8 Å². The van der Waals surface area contributed by atoms with Crippen LogP contribution in [0.4, 0.5) is 5.82 Å². The fourth-order valence-corrected chi connectivity index (χ4v) is 0.993. The number of anilines is 1. The highest BCUT2D eigenvalue weighted by molar-refractivity contribution is 7.18. The highest BCUT2D eigenvalue weighted by Crippen LogP contribution is 2.05. The van der Waals surface area contributed by atoms with Crippen LogP contribution in [0, 0.1) is 5.41 Å². The number of aromatic nitrogens is 1. The van der Waals surface area contributed by atoms with Gasteiger partial charge in [0.15, 0.2) is 5.43 Å². The monoisotopic (exact) mass is 169 g/mol. The molecule has 0 bridgehead atoms. The van der Waals surface area contributed by atoms with E-state index >= 15 is 0 Å². The van der Waals surface area contributed by atoms with Crippen LogP contribution in [-0.4, -0.2) is 11.2 Å². The van der Waals surface area contributed by atoms with Crippen molar-refractivity contribution in [3.8, 4) is 0 Å². The zero-order valence-corrected chi connectivity index (χ0v) is 6.87. The Kier molecular flexibility index (Phi) is 2.39.